The third kappa shape index (κ3) is 3.50. The molecule has 3 aromatic heterocycles. The van der Waals surface area contributed by atoms with Crippen LogP contribution in [-0.2, 0) is 6.54 Å². The molecule has 0 radical (unpaired) electrons. The highest BCUT2D eigenvalue weighted by molar-refractivity contribution is 5.89. The molecule has 27 heavy (non-hydrogen) atoms. The predicted octanol–water partition coefficient (Wildman–Crippen LogP) is 3.06. The van der Waals surface area contributed by atoms with E-state index >= 15 is 0 Å². The molecule has 1 aromatic carbocycles. The van der Waals surface area contributed by atoms with Crippen LogP contribution in [-0.4, -0.2) is 25.8 Å². The third-order valence-electron chi connectivity index (χ3n) is 4.00. The monoisotopic (exact) mass is 363 g/mol. The smallest absolute Gasteiger partial charge is 0.316 e. The molecule has 0 bridgehead atoms. The van der Waals surface area contributed by atoms with Gasteiger partial charge in [0.05, 0.1) is 23.5 Å². The minimum absolute atomic E-state index is 0.111. The van der Waals surface area contributed by atoms with Crippen LogP contribution >= 0.6 is 0 Å². The van der Waals surface area contributed by atoms with Crippen LogP contribution in [0.25, 0.3) is 17.1 Å². The maximum absolute atomic E-state index is 12.2. The van der Waals surface area contributed by atoms with Gasteiger partial charge in [-0.1, -0.05) is 23.4 Å². The van der Waals surface area contributed by atoms with Crippen LogP contribution < -0.4 is 5.32 Å². The Hall–Kier alpha value is -3.68. The van der Waals surface area contributed by atoms with Crippen molar-refractivity contribution in [1.29, 1.82) is 0 Å². The summed E-state index contributed by atoms with van der Waals surface area (Å²) in [5, 5.41) is 11.1. The van der Waals surface area contributed by atoms with E-state index in [0.29, 0.717) is 17.1 Å². The fourth-order valence-electron chi connectivity index (χ4n) is 2.64. The predicted molar refractivity (Wildman–Crippen MR) is 96.2 cm³/mol. The van der Waals surface area contributed by atoms with Crippen molar-refractivity contribution in [2.45, 2.75) is 20.4 Å². The summed E-state index contributed by atoms with van der Waals surface area (Å²) >= 11 is 0. The highest BCUT2D eigenvalue weighted by atomic mass is 16.5. The molecule has 0 saturated heterocycles. The standard InChI is InChI=1S/C19H17N5O3/c1-12-8-9-15(26-12)10-20-18(25)19-21-17(23-27-19)16-11-24(22-13(16)2)14-6-4-3-5-7-14/h3-9,11H,10H2,1-2H3,(H,20,25). The molecule has 0 aliphatic heterocycles. The molecule has 0 aliphatic rings. The second-order valence-corrected chi connectivity index (χ2v) is 6.03. The first-order valence-corrected chi connectivity index (χ1v) is 8.39. The third-order valence-corrected chi connectivity index (χ3v) is 4.00. The lowest BCUT2D eigenvalue weighted by Crippen LogP contribution is -2.22. The van der Waals surface area contributed by atoms with E-state index in [-0.39, 0.29) is 12.4 Å². The summed E-state index contributed by atoms with van der Waals surface area (Å²) in [4.78, 5) is 16.4. The van der Waals surface area contributed by atoms with Crippen molar-refractivity contribution >= 4 is 5.91 Å². The van der Waals surface area contributed by atoms with Crippen molar-refractivity contribution in [2.24, 2.45) is 0 Å². The molecule has 8 heteroatoms. The van der Waals surface area contributed by atoms with Crippen LogP contribution in [0.15, 0.2) is 57.6 Å². The zero-order valence-corrected chi connectivity index (χ0v) is 14.8. The molecular weight excluding hydrogens is 346 g/mol. The fourth-order valence-corrected chi connectivity index (χ4v) is 2.64. The zero-order chi connectivity index (χ0) is 18.8. The Balaban J connectivity index is 1.50. The number of nitrogens with one attached hydrogen (secondary N) is 1. The van der Waals surface area contributed by atoms with Gasteiger partial charge in [-0.15, -0.1) is 0 Å². The Morgan fingerprint density at radius 3 is 2.70 bits per heavy atom. The number of furan rings is 1. The van der Waals surface area contributed by atoms with E-state index in [2.05, 4.69) is 20.6 Å². The van der Waals surface area contributed by atoms with Crippen molar-refractivity contribution in [3.63, 3.8) is 0 Å². The summed E-state index contributed by atoms with van der Waals surface area (Å²) in [5.74, 6) is 1.18. The lowest BCUT2D eigenvalue weighted by Gasteiger charge is -1.98. The number of aromatic nitrogens is 4. The molecule has 136 valence electrons. The maximum Gasteiger partial charge on any atom is 0.316 e. The molecule has 4 aromatic rings. The lowest BCUT2D eigenvalue weighted by molar-refractivity contribution is 0.0904. The van der Waals surface area contributed by atoms with Gasteiger partial charge in [-0.05, 0) is 38.1 Å². The fraction of sp³-hybridized carbons (Fsp3) is 0.158. The van der Waals surface area contributed by atoms with E-state index in [9.17, 15) is 4.79 Å². The molecule has 0 fully saturated rings. The Bertz CT molecular complexity index is 1080. The number of hydrogen-bond donors (Lipinski definition) is 1. The normalized spacial score (nSPS) is 10.9. The number of benzene rings is 1. The van der Waals surface area contributed by atoms with Crippen LogP contribution in [0.5, 0.6) is 0 Å². The molecular formula is C19H17N5O3. The largest absolute Gasteiger partial charge is 0.465 e. The number of amides is 1. The Morgan fingerprint density at radius 1 is 1.15 bits per heavy atom. The summed E-state index contributed by atoms with van der Waals surface area (Å²) in [6, 6.07) is 13.3. The SMILES string of the molecule is Cc1ccc(CNC(=O)c2nc(-c3cn(-c4ccccc4)nc3C)no2)o1. The van der Waals surface area contributed by atoms with Crippen molar-refractivity contribution < 1.29 is 13.7 Å². The summed E-state index contributed by atoms with van der Waals surface area (Å²) in [6.45, 7) is 3.94. The van der Waals surface area contributed by atoms with Gasteiger partial charge in [0, 0.05) is 6.20 Å². The van der Waals surface area contributed by atoms with Crippen molar-refractivity contribution in [3.8, 4) is 17.1 Å². The van der Waals surface area contributed by atoms with Crippen LogP contribution in [0.1, 0.15) is 27.9 Å². The number of carbonyl (C=O) groups excluding carboxylic acids is 1. The van der Waals surface area contributed by atoms with Gasteiger partial charge in [0.15, 0.2) is 0 Å². The Kier molecular flexibility index (Phi) is 4.29. The van der Waals surface area contributed by atoms with Gasteiger partial charge in [0.1, 0.15) is 11.5 Å². The molecule has 0 unspecified atom stereocenters. The Morgan fingerprint density at radius 2 is 1.96 bits per heavy atom. The van der Waals surface area contributed by atoms with Crippen LogP contribution in [0.2, 0.25) is 0 Å². The first-order valence-electron chi connectivity index (χ1n) is 8.39. The van der Waals surface area contributed by atoms with Crippen molar-refractivity contribution in [3.05, 3.63) is 71.8 Å². The zero-order valence-electron chi connectivity index (χ0n) is 14.8. The van der Waals surface area contributed by atoms with Gasteiger partial charge in [-0.25, -0.2) is 4.68 Å². The molecule has 0 saturated carbocycles. The quantitative estimate of drug-likeness (QED) is 0.585. The van der Waals surface area contributed by atoms with Crippen molar-refractivity contribution in [2.75, 3.05) is 0 Å². The van der Waals surface area contributed by atoms with Gasteiger partial charge in [-0.2, -0.15) is 10.1 Å². The topological polar surface area (TPSA) is 99.0 Å². The first-order chi connectivity index (χ1) is 13.1. The molecule has 4 rings (SSSR count). The van der Waals surface area contributed by atoms with E-state index in [1.807, 2.05) is 56.4 Å². The number of rotatable bonds is 5. The van der Waals surface area contributed by atoms with Crippen LogP contribution in [0.4, 0.5) is 0 Å². The van der Waals surface area contributed by atoms with Gasteiger partial charge >= 0.3 is 11.8 Å². The van der Waals surface area contributed by atoms with E-state index in [1.54, 1.807) is 10.7 Å². The van der Waals surface area contributed by atoms with Crippen LogP contribution in [0, 0.1) is 13.8 Å². The molecule has 0 aliphatic carbocycles. The molecule has 3 heterocycles. The second kappa shape index (κ2) is 6.91. The van der Waals surface area contributed by atoms with Gasteiger partial charge in [0.2, 0.25) is 5.82 Å². The molecule has 8 nitrogen and oxygen atoms in total. The molecule has 1 amide bonds. The summed E-state index contributed by atoms with van der Waals surface area (Å²) in [6.07, 6.45) is 1.81. The van der Waals surface area contributed by atoms with Gasteiger partial charge in [0.25, 0.3) is 0 Å². The number of carbonyl (C=O) groups is 1. The Labute approximate surface area is 154 Å². The number of nitrogens with zero attached hydrogens (tertiary/aromatic N) is 4. The minimum atomic E-state index is -0.462. The number of para-hydroxylation sites is 1. The first kappa shape index (κ1) is 16.8. The van der Waals surface area contributed by atoms with Crippen LogP contribution in [0.3, 0.4) is 0 Å². The summed E-state index contributed by atoms with van der Waals surface area (Å²) in [5.41, 5.74) is 2.35. The van der Waals surface area contributed by atoms with E-state index in [4.69, 9.17) is 8.94 Å². The van der Waals surface area contributed by atoms with Gasteiger partial charge in [-0.3, -0.25) is 4.79 Å². The van der Waals surface area contributed by atoms with E-state index < -0.39 is 5.91 Å². The molecule has 0 atom stereocenters. The maximum atomic E-state index is 12.2. The average molecular weight is 363 g/mol. The van der Waals surface area contributed by atoms with Crippen molar-refractivity contribution in [1.82, 2.24) is 25.2 Å². The lowest BCUT2D eigenvalue weighted by atomic mass is 10.2. The second-order valence-electron chi connectivity index (χ2n) is 6.03. The highest BCUT2D eigenvalue weighted by Gasteiger charge is 2.19. The van der Waals surface area contributed by atoms with Gasteiger partial charge < -0.3 is 14.3 Å². The average Bonchev–Trinajstić information content (AvgIpc) is 3.40. The molecule has 0 spiro atoms. The minimum Gasteiger partial charge on any atom is -0.465 e. The van der Waals surface area contributed by atoms with E-state index in [1.165, 1.54) is 0 Å². The highest BCUT2D eigenvalue weighted by Crippen LogP contribution is 2.21. The summed E-state index contributed by atoms with van der Waals surface area (Å²) < 4.78 is 12.3. The number of aryl methyl sites for hydroxylation is 2. The summed E-state index contributed by atoms with van der Waals surface area (Å²) in [7, 11) is 0. The number of hydrogen-bond acceptors (Lipinski definition) is 6. The van der Waals surface area contributed by atoms with E-state index in [0.717, 1.165) is 17.1 Å². The molecule has 1 N–H and O–H groups in total.